The van der Waals surface area contributed by atoms with Gasteiger partial charge in [0.2, 0.25) is 35.4 Å². The minimum atomic E-state index is -2.25. The first kappa shape index (κ1) is 59.2. The molecule has 0 spiro atoms. The summed E-state index contributed by atoms with van der Waals surface area (Å²) in [4.78, 5) is 104. The topological polar surface area (TPSA) is 201 Å². The van der Waals surface area contributed by atoms with Crippen LogP contribution in [0.25, 0.3) is 0 Å². The van der Waals surface area contributed by atoms with Crippen LogP contribution in [0.1, 0.15) is 126 Å². The molecule has 7 amide bonds. The van der Waals surface area contributed by atoms with Gasteiger partial charge in [-0.25, -0.2) is 8.78 Å². The van der Waals surface area contributed by atoms with Gasteiger partial charge in [0.25, 0.3) is 5.91 Å². The van der Waals surface area contributed by atoms with Crippen molar-refractivity contribution in [2.75, 3.05) is 26.8 Å². The number of fused-ring (bicyclic) bond motifs is 1. The van der Waals surface area contributed by atoms with Gasteiger partial charge >= 0.3 is 0 Å². The number of amides is 7. The van der Waals surface area contributed by atoms with Crippen LogP contribution in [0.15, 0.2) is 66.7 Å². The first-order valence-electron chi connectivity index (χ1n) is 26.6. The van der Waals surface area contributed by atoms with E-state index in [1.807, 2.05) is 59.7 Å². The van der Waals surface area contributed by atoms with Crippen molar-refractivity contribution < 1.29 is 42.3 Å². The van der Waals surface area contributed by atoms with E-state index in [2.05, 4.69) is 51.1 Å². The zero-order valence-electron chi connectivity index (χ0n) is 46.7. The largest absolute Gasteiger partial charge is 0.347 e. The number of likely N-dealkylation sites (tertiary alicyclic amines) is 1. The lowest BCUT2D eigenvalue weighted by Crippen LogP contribution is -2.60. The Morgan fingerprint density at radius 3 is 1.89 bits per heavy atom. The van der Waals surface area contributed by atoms with Crippen LogP contribution in [-0.2, 0) is 41.7 Å². The fourth-order valence-electron chi connectivity index (χ4n) is 10.6. The number of hydrogen-bond donors (Lipinski definition) is 6. The Bertz CT molecular complexity index is 2640. The predicted octanol–water partition coefficient (Wildman–Crippen LogP) is 5.68. The number of halogens is 2. The monoisotopic (exact) mass is 1070 g/mol. The normalized spacial score (nSPS) is 21.3. The van der Waals surface area contributed by atoms with Crippen LogP contribution in [0, 0.1) is 22.5 Å². The van der Waals surface area contributed by atoms with E-state index in [1.165, 1.54) is 21.9 Å². The van der Waals surface area contributed by atoms with Gasteiger partial charge in [0.1, 0.15) is 24.2 Å². The fourth-order valence-corrected chi connectivity index (χ4v) is 13.5. The minimum Gasteiger partial charge on any atom is -0.347 e. The molecule has 2 heterocycles. The summed E-state index contributed by atoms with van der Waals surface area (Å²) in [5.74, 6) is -5.08. The Morgan fingerprint density at radius 2 is 1.32 bits per heavy atom. The maximum Gasteiger partial charge on any atom is 0.251 e. The van der Waals surface area contributed by atoms with Crippen molar-refractivity contribution in [1.82, 2.24) is 46.6 Å². The summed E-state index contributed by atoms with van der Waals surface area (Å²) in [6.45, 7) is 20.1. The highest BCUT2D eigenvalue weighted by atomic mass is 28.3. The Balaban J connectivity index is 1.26. The van der Waals surface area contributed by atoms with Gasteiger partial charge in [-0.3, -0.25) is 33.6 Å². The van der Waals surface area contributed by atoms with Gasteiger partial charge in [-0.1, -0.05) is 103 Å². The highest BCUT2D eigenvalue weighted by Gasteiger charge is 2.51. The second-order valence-corrected chi connectivity index (χ2v) is 29.1. The van der Waals surface area contributed by atoms with Crippen molar-refractivity contribution >= 4 is 49.4 Å². The van der Waals surface area contributed by atoms with E-state index >= 15 is 9.18 Å². The molecule has 3 aromatic rings. The van der Waals surface area contributed by atoms with E-state index in [-0.39, 0.29) is 54.4 Å². The molecule has 0 bridgehead atoms. The molecule has 0 saturated carbocycles. The van der Waals surface area contributed by atoms with Crippen molar-refractivity contribution in [1.29, 1.82) is 0 Å². The zero-order chi connectivity index (χ0) is 56.2. The third kappa shape index (κ3) is 13.7. The Labute approximate surface area is 448 Å². The minimum absolute atomic E-state index is 0.00405. The molecule has 6 rings (SSSR count). The summed E-state index contributed by atoms with van der Waals surface area (Å²) < 4.78 is 30.5. The van der Waals surface area contributed by atoms with Crippen LogP contribution in [0.4, 0.5) is 8.78 Å². The molecule has 3 aromatic carbocycles. The molecule has 19 heteroatoms. The number of nitrogens with zero attached hydrogens (tertiary/aromatic N) is 3. The van der Waals surface area contributed by atoms with E-state index in [4.69, 9.17) is 0 Å². The first-order valence-corrected chi connectivity index (χ1v) is 30.1. The third-order valence-corrected chi connectivity index (χ3v) is 18.1. The highest BCUT2D eigenvalue weighted by molar-refractivity contribution is 6.79. The second-order valence-electron chi connectivity index (χ2n) is 24.0. The molecule has 414 valence electrons. The molecule has 3 aliphatic rings. The lowest BCUT2D eigenvalue weighted by atomic mass is 9.85. The Hall–Kier alpha value is -6.05. The van der Waals surface area contributed by atoms with Crippen molar-refractivity contribution in [3.63, 3.8) is 0 Å². The van der Waals surface area contributed by atoms with Crippen molar-refractivity contribution in [2.24, 2.45) is 10.8 Å². The summed E-state index contributed by atoms with van der Waals surface area (Å²) in [6.07, 6.45) is 2.95. The van der Waals surface area contributed by atoms with Gasteiger partial charge in [0.15, 0.2) is 11.6 Å². The average Bonchev–Trinajstić information content (AvgIpc) is 3.96. The lowest BCUT2D eigenvalue weighted by Gasteiger charge is -2.38. The molecule has 2 fully saturated rings. The SMILES string of the molecule is CN[C@@H](C)C(=O)N[C@H](C(=O)N1C[C@@H](NC(=O)c2ccc(CN(C(=O)[C@@H]3C[Si](C)(C)CN3C(=O)[C@@H](NC(=O)[C@H](C)NC)C(C)(C)C)[C@H](C)c3cccc(F)c3F)cc2)C[C@H]1C(=O)NC1CCCc2ccccc21)C(C)(C)C. The third-order valence-electron chi connectivity index (χ3n) is 15.4. The van der Waals surface area contributed by atoms with Crippen LogP contribution in [-0.4, -0.2) is 133 Å². The molecular weight excluding hydrogens is 989 g/mol. The van der Waals surface area contributed by atoms with Crippen LogP contribution < -0.4 is 31.9 Å². The molecule has 16 nitrogen and oxygen atoms in total. The number of rotatable bonds is 17. The summed E-state index contributed by atoms with van der Waals surface area (Å²) >= 11 is 0. The standard InChI is InChI=1S/C57H81F2N9O7Si/c1-33(60-10)49(69)64-47(56(4,5)6)54(74)67-30-39(28-44(67)52(72)63-43-23-16-19-37-18-14-15-20-41(37)43)62-51(71)38-26-24-36(25-27-38)29-66(35(3)40-21-17-22-42(58)46(40)59)53(73)45-31-76(12,13)32-68(45)55(75)48(57(7,8)9)65-50(70)34(2)61-11/h14-15,17-18,20-22,24-27,33-35,39,43-45,47-48,60-61H,16,19,23,28-32H2,1-13H3,(H,62,71)(H,63,72)(H,64,69)(H,65,70)/t33-,34-,35+,39-,43?,44-,45-,47+,48+/m0/s1. The number of benzene rings is 3. The number of carbonyl (C=O) groups is 7. The van der Waals surface area contributed by atoms with E-state index < -0.39 is 103 Å². The summed E-state index contributed by atoms with van der Waals surface area (Å²) in [5.41, 5.74) is 1.46. The van der Waals surface area contributed by atoms with E-state index in [1.54, 1.807) is 64.0 Å². The van der Waals surface area contributed by atoms with Gasteiger partial charge in [-0.15, -0.1) is 0 Å². The van der Waals surface area contributed by atoms with E-state index in [0.717, 1.165) is 36.5 Å². The first-order chi connectivity index (χ1) is 35.6. The molecule has 2 saturated heterocycles. The average molecular weight is 1070 g/mol. The van der Waals surface area contributed by atoms with Gasteiger partial charge in [-0.2, -0.15) is 0 Å². The van der Waals surface area contributed by atoms with E-state index in [0.29, 0.717) is 17.8 Å². The van der Waals surface area contributed by atoms with Crippen molar-refractivity contribution in [3.05, 3.63) is 106 Å². The Morgan fingerprint density at radius 1 is 0.737 bits per heavy atom. The van der Waals surface area contributed by atoms with Crippen LogP contribution >= 0.6 is 0 Å². The molecule has 9 atom stereocenters. The number of aryl methyl sites for hydroxylation is 1. The van der Waals surface area contributed by atoms with Crippen LogP contribution in [0.2, 0.25) is 19.1 Å². The van der Waals surface area contributed by atoms with Gasteiger partial charge < -0.3 is 46.6 Å². The summed E-state index contributed by atoms with van der Waals surface area (Å²) in [7, 11) is 1.04. The smallest absolute Gasteiger partial charge is 0.251 e. The molecular formula is C57H81F2N9O7Si. The number of hydrogen-bond acceptors (Lipinski definition) is 9. The quantitative estimate of drug-likeness (QED) is 0.0921. The van der Waals surface area contributed by atoms with Gasteiger partial charge in [-0.05, 0) is 112 Å². The van der Waals surface area contributed by atoms with Crippen LogP contribution in [0.5, 0.6) is 0 Å². The lowest BCUT2D eigenvalue weighted by molar-refractivity contribution is -0.148. The maximum atomic E-state index is 15.6. The predicted molar refractivity (Wildman–Crippen MR) is 291 cm³/mol. The molecule has 1 unspecified atom stereocenters. The molecule has 2 aliphatic heterocycles. The summed E-state index contributed by atoms with van der Waals surface area (Å²) in [5, 5.41) is 17.9. The molecule has 76 heavy (non-hydrogen) atoms. The number of carbonyl (C=O) groups excluding carboxylic acids is 7. The molecule has 0 aromatic heterocycles. The molecule has 6 N–H and O–H groups in total. The molecule has 0 radical (unpaired) electrons. The zero-order valence-corrected chi connectivity index (χ0v) is 47.7. The van der Waals surface area contributed by atoms with Crippen molar-refractivity contribution in [2.45, 2.75) is 168 Å². The fraction of sp³-hybridized carbons (Fsp3) is 0.561. The van der Waals surface area contributed by atoms with E-state index in [9.17, 15) is 33.2 Å². The summed E-state index contributed by atoms with van der Waals surface area (Å²) in [6, 6.07) is 11.7. The van der Waals surface area contributed by atoms with Gasteiger partial charge in [0.05, 0.1) is 32.2 Å². The second kappa shape index (κ2) is 24.1. The van der Waals surface area contributed by atoms with Crippen molar-refractivity contribution in [3.8, 4) is 0 Å². The number of nitrogens with one attached hydrogen (secondary N) is 6. The van der Waals surface area contributed by atoms with Crippen LogP contribution in [0.3, 0.4) is 0 Å². The number of likely N-dealkylation sites (N-methyl/N-ethyl adjacent to an activating group) is 2. The Kier molecular flexibility index (Phi) is 18.8. The van der Waals surface area contributed by atoms with Gasteiger partial charge in [0, 0.05) is 36.4 Å². The molecule has 1 aliphatic carbocycles. The highest BCUT2D eigenvalue weighted by Crippen LogP contribution is 2.36. The maximum absolute atomic E-state index is 15.6.